The van der Waals surface area contributed by atoms with E-state index in [1.165, 1.54) is 0 Å². The van der Waals surface area contributed by atoms with E-state index >= 15 is 0 Å². The van der Waals surface area contributed by atoms with E-state index in [1.54, 1.807) is 0 Å². The number of halogens is 11. The number of hydrogen-bond donors (Lipinski definition) is 0. The fourth-order valence-electron chi connectivity index (χ4n) is 0.651. The first kappa shape index (κ1) is 16.2. The predicted octanol–water partition coefficient (Wildman–Crippen LogP) is 4.11. The third-order valence-electron chi connectivity index (χ3n) is 1.70. The van der Waals surface area contributed by atoms with Gasteiger partial charge >= 0.3 is 29.9 Å². The highest BCUT2D eigenvalue weighted by Gasteiger charge is 2.86. The highest BCUT2D eigenvalue weighted by atomic mass is 19.4. The average Bonchev–Trinajstić information content (AvgIpc) is 1.98. The monoisotopic (exact) mass is 286 g/mol. The maximum absolute atomic E-state index is 12.3. The van der Waals surface area contributed by atoms with Crippen LogP contribution >= 0.6 is 0 Å². The molecular weight excluding hydrogens is 283 g/mol. The van der Waals surface area contributed by atoms with Crippen molar-refractivity contribution in [2.75, 3.05) is 0 Å². The van der Waals surface area contributed by atoms with Crippen LogP contribution in [-0.2, 0) is 0 Å². The topological polar surface area (TPSA) is 0 Å². The van der Waals surface area contributed by atoms with E-state index in [-0.39, 0.29) is 0 Å². The van der Waals surface area contributed by atoms with E-state index in [1.807, 2.05) is 0 Å². The highest BCUT2D eigenvalue weighted by molar-refractivity contribution is 5.04. The summed E-state index contributed by atoms with van der Waals surface area (Å²) in [6.45, 7) is -0.895. The van der Waals surface area contributed by atoms with Gasteiger partial charge in [0.2, 0.25) is 0 Å². The SMILES string of the molecule is C[14C](F)(F)C(F)(F)C(F)(F)C(F)(F)C(F)(F)F. The Labute approximate surface area is 86.4 Å². The van der Waals surface area contributed by atoms with E-state index in [9.17, 15) is 48.3 Å². The molecule has 0 heterocycles. The summed E-state index contributed by atoms with van der Waals surface area (Å²) < 4.78 is 131. The molecule has 0 aromatic carbocycles. The summed E-state index contributed by atoms with van der Waals surface area (Å²) in [6, 6.07) is 0. The van der Waals surface area contributed by atoms with Gasteiger partial charge in [-0.3, -0.25) is 0 Å². The van der Waals surface area contributed by atoms with Gasteiger partial charge in [-0.25, -0.2) is 0 Å². The molecule has 0 aromatic rings. The molecule has 0 aliphatic heterocycles. The summed E-state index contributed by atoms with van der Waals surface area (Å²) in [5.74, 6) is -27.2. The van der Waals surface area contributed by atoms with Gasteiger partial charge < -0.3 is 0 Å². The van der Waals surface area contributed by atoms with Crippen molar-refractivity contribution < 1.29 is 48.3 Å². The minimum absolute atomic E-state index is 0.895. The zero-order valence-corrected chi connectivity index (χ0v) is 7.66. The Balaban J connectivity index is 5.73. The molecule has 104 valence electrons. The van der Waals surface area contributed by atoms with Crippen LogP contribution in [0.3, 0.4) is 0 Å². The normalized spacial score (nSPS) is 16.2. The van der Waals surface area contributed by atoms with Gasteiger partial charge in [-0.2, -0.15) is 48.3 Å². The van der Waals surface area contributed by atoms with Gasteiger partial charge in [0.25, 0.3) is 0 Å². The van der Waals surface area contributed by atoms with Crippen molar-refractivity contribution in [2.45, 2.75) is 36.8 Å². The van der Waals surface area contributed by atoms with Crippen LogP contribution in [0.15, 0.2) is 0 Å². The van der Waals surface area contributed by atoms with Crippen molar-refractivity contribution in [3.8, 4) is 0 Å². The third-order valence-corrected chi connectivity index (χ3v) is 1.70. The quantitative estimate of drug-likeness (QED) is 0.685. The largest absolute Gasteiger partial charge is 0.460 e. The van der Waals surface area contributed by atoms with Crippen LogP contribution < -0.4 is 0 Å². The van der Waals surface area contributed by atoms with Crippen molar-refractivity contribution in [2.24, 2.45) is 0 Å². The Hall–Kier alpha value is -0.770. The molecule has 0 aliphatic rings. The second kappa shape index (κ2) is 3.61. The van der Waals surface area contributed by atoms with Gasteiger partial charge in [-0.15, -0.1) is 0 Å². The summed E-state index contributed by atoms with van der Waals surface area (Å²) in [6.07, 6.45) is -7.09. The van der Waals surface area contributed by atoms with Crippen LogP contribution in [-0.4, -0.2) is 29.9 Å². The molecule has 0 aromatic heterocycles. The van der Waals surface area contributed by atoms with Crippen LogP contribution in [0.5, 0.6) is 0 Å². The Morgan fingerprint density at radius 3 is 1.12 bits per heavy atom. The number of alkyl halides is 11. The summed E-state index contributed by atoms with van der Waals surface area (Å²) in [4.78, 5) is 0. The van der Waals surface area contributed by atoms with E-state index in [0.717, 1.165) is 0 Å². The zero-order valence-electron chi connectivity index (χ0n) is 7.66. The molecule has 0 bridgehead atoms. The average molecular weight is 286 g/mol. The zero-order chi connectivity index (χ0) is 14.5. The van der Waals surface area contributed by atoms with Gasteiger partial charge in [0.1, 0.15) is 0 Å². The van der Waals surface area contributed by atoms with Crippen molar-refractivity contribution >= 4 is 0 Å². The van der Waals surface area contributed by atoms with Crippen molar-refractivity contribution in [3.05, 3.63) is 0 Å². The van der Waals surface area contributed by atoms with Crippen LogP contribution in [0.2, 0.25) is 0 Å². The fraction of sp³-hybridized carbons (Fsp3) is 1.00. The Morgan fingerprint density at radius 2 is 0.941 bits per heavy atom. The summed E-state index contributed by atoms with van der Waals surface area (Å²) in [5, 5.41) is 0. The lowest BCUT2D eigenvalue weighted by atomic mass is 10.1. The van der Waals surface area contributed by atoms with Crippen LogP contribution in [0, 0.1) is 0 Å². The van der Waals surface area contributed by atoms with Gasteiger partial charge in [0.05, 0.1) is 0 Å². The lowest BCUT2D eigenvalue weighted by molar-refractivity contribution is -0.420. The molecule has 0 atom stereocenters. The first-order chi connectivity index (χ1) is 7.00. The van der Waals surface area contributed by atoms with Crippen LogP contribution in [0.1, 0.15) is 6.92 Å². The van der Waals surface area contributed by atoms with E-state index in [2.05, 4.69) is 0 Å². The maximum Gasteiger partial charge on any atom is 0.460 e. The molecule has 0 nitrogen and oxygen atoms in total. The minimum Gasteiger partial charge on any atom is -0.200 e. The predicted molar refractivity (Wildman–Crippen MR) is 31.5 cm³/mol. The molecule has 11 heteroatoms. The molecule has 17 heavy (non-hydrogen) atoms. The van der Waals surface area contributed by atoms with E-state index in [0.29, 0.717) is 0 Å². The molecule has 0 amide bonds. The molecule has 0 N–H and O–H groups in total. The van der Waals surface area contributed by atoms with Gasteiger partial charge in [0, 0.05) is 6.92 Å². The Morgan fingerprint density at radius 1 is 0.647 bits per heavy atom. The summed E-state index contributed by atoms with van der Waals surface area (Å²) in [5.41, 5.74) is 0. The summed E-state index contributed by atoms with van der Waals surface area (Å²) in [7, 11) is 0. The first-order valence-corrected chi connectivity index (χ1v) is 3.58. The molecule has 0 saturated carbocycles. The third kappa shape index (κ3) is 2.15. The molecule has 0 unspecified atom stereocenters. The lowest BCUT2D eigenvalue weighted by Gasteiger charge is -2.35. The van der Waals surface area contributed by atoms with E-state index < -0.39 is 36.8 Å². The molecule has 0 fully saturated rings. The second-order valence-corrected chi connectivity index (χ2v) is 3.11. The summed E-state index contributed by atoms with van der Waals surface area (Å²) >= 11 is 0. The smallest absolute Gasteiger partial charge is 0.200 e. The molecule has 0 aliphatic carbocycles. The standard InChI is InChI=1S/C6H3F11/c1-2(7,8)3(9,10)4(11,12)5(13,14)6(15,16)17/h1H3/i2+2. The van der Waals surface area contributed by atoms with Gasteiger partial charge in [0.15, 0.2) is 0 Å². The van der Waals surface area contributed by atoms with Crippen molar-refractivity contribution in [3.63, 3.8) is 0 Å². The Bertz CT molecular complexity index is 251. The maximum atomic E-state index is 12.3. The Kier molecular flexibility index (Phi) is 3.45. The van der Waals surface area contributed by atoms with E-state index in [4.69, 9.17) is 0 Å². The number of rotatable bonds is 3. The fourth-order valence-corrected chi connectivity index (χ4v) is 0.651. The van der Waals surface area contributed by atoms with Crippen LogP contribution in [0.25, 0.3) is 0 Å². The lowest BCUT2D eigenvalue weighted by Crippen LogP contribution is -2.65. The second-order valence-electron chi connectivity index (χ2n) is 3.11. The molecule has 0 saturated heterocycles. The molecule has 0 spiro atoms. The van der Waals surface area contributed by atoms with Gasteiger partial charge in [-0.1, -0.05) is 0 Å². The highest BCUT2D eigenvalue weighted by Crippen LogP contribution is 2.56. The number of hydrogen-bond acceptors (Lipinski definition) is 0. The molecule has 0 rings (SSSR count). The van der Waals surface area contributed by atoms with Crippen molar-refractivity contribution in [1.29, 1.82) is 0 Å². The van der Waals surface area contributed by atoms with Gasteiger partial charge in [-0.05, 0) is 0 Å². The molecular formula is C6H3F11. The molecule has 0 radical (unpaired) electrons. The minimum atomic E-state index is -7.29. The first-order valence-electron chi connectivity index (χ1n) is 3.58. The van der Waals surface area contributed by atoms with Crippen molar-refractivity contribution in [1.82, 2.24) is 0 Å². The van der Waals surface area contributed by atoms with Crippen LogP contribution in [0.4, 0.5) is 48.3 Å².